The van der Waals surface area contributed by atoms with E-state index in [0.29, 0.717) is 31.1 Å². The number of benzene rings is 1. The number of aromatic nitrogens is 3. The summed E-state index contributed by atoms with van der Waals surface area (Å²) >= 11 is 3.52. The number of ether oxygens (including phenoxy) is 1. The fourth-order valence-electron chi connectivity index (χ4n) is 1.68. The molecule has 7 heteroatoms. The molecule has 0 unspecified atom stereocenters. The van der Waals surface area contributed by atoms with Crippen molar-refractivity contribution in [1.29, 1.82) is 0 Å². The smallest absolute Gasteiger partial charge is 0.323 e. The standard InChI is InChI=1S/C14H18BrN5O/c1-3-16-12-18-13(20-14(19-12)21-4-2)17-9-10-7-5-6-8-11(10)15/h5-8H,3-4,9H2,1-2H3,(H2,16,17,18,19,20). The number of anilines is 2. The Balaban J connectivity index is 2.13. The van der Waals surface area contributed by atoms with Crippen LogP contribution in [0.15, 0.2) is 28.7 Å². The lowest BCUT2D eigenvalue weighted by atomic mass is 10.2. The largest absolute Gasteiger partial charge is 0.464 e. The van der Waals surface area contributed by atoms with Crippen LogP contribution in [0.2, 0.25) is 0 Å². The molecule has 0 amide bonds. The second-order valence-electron chi connectivity index (χ2n) is 4.17. The minimum atomic E-state index is 0.318. The monoisotopic (exact) mass is 351 g/mol. The van der Waals surface area contributed by atoms with Crippen LogP contribution < -0.4 is 15.4 Å². The van der Waals surface area contributed by atoms with E-state index in [0.717, 1.165) is 16.6 Å². The van der Waals surface area contributed by atoms with Crippen molar-refractivity contribution in [2.24, 2.45) is 0 Å². The summed E-state index contributed by atoms with van der Waals surface area (Å²) in [5.74, 6) is 0.991. The van der Waals surface area contributed by atoms with Crippen molar-refractivity contribution < 1.29 is 4.74 Å². The Labute approximate surface area is 132 Å². The zero-order chi connectivity index (χ0) is 15.1. The van der Waals surface area contributed by atoms with Crippen molar-refractivity contribution in [1.82, 2.24) is 15.0 Å². The van der Waals surface area contributed by atoms with E-state index in [-0.39, 0.29) is 0 Å². The van der Waals surface area contributed by atoms with Gasteiger partial charge >= 0.3 is 6.01 Å². The molecule has 2 aromatic rings. The summed E-state index contributed by atoms with van der Waals surface area (Å²) in [5, 5.41) is 6.25. The van der Waals surface area contributed by atoms with Gasteiger partial charge in [-0.2, -0.15) is 15.0 Å². The molecule has 2 rings (SSSR count). The van der Waals surface area contributed by atoms with Crippen molar-refractivity contribution in [3.05, 3.63) is 34.3 Å². The highest BCUT2D eigenvalue weighted by Gasteiger charge is 2.07. The van der Waals surface area contributed by atoms with E-state index >= 15 is 0 Å². The van der Waals surface area contributed by atoms with Gasteiger partial charge in [-0.1, -0.05) is 34.1 Å². The van der Waals surface area contributed by atoms with Crippen LogP contribution in [-0.4, -0.2) is 28.1 Å². The predicted molar refractivity (Wildman–Crippen MR) is 86.6 cm³/mol. The van der Waals surface area contributed by atoms with E-state index < -0.39 is 0 Å². The molecule has 6 nitrogen and oxygen atoms in total. The lowest BCUT2D eigenvalue weighted by Gasteiger charge is -2.10. The fourth-order valence-corrected chi connectivity index (χ4v) is 2.11. The van der Waals surface area contributed by atoms with E-state index in [4.69, 9.17) is 4.74 Å². The lowest BCUT2D eigenvalue weighted by molar-refractivity contribution is 0.312. The third-order valence-corrected chi connectivity index (χ3v) is 3.39. The molecule has 21 heavy (non-hydrogen) atoms. The molecule has 0 saturated carbocycles. The first kappa shape index (κ1) is 15.5. The number of hydrogen-bond acceptors (Lipinski definition) is 6. The van der Waals surface area contributed by atoms with Gasteiger partial charge in [-0.15, -0.1) is 0 Å². The van der Waals surface area contributed by atoms with Crippen LogP contribution in [-0.2, 0) is 6.54 Å². The van der Waals surface area contributed by atoms with Crippen molar-refractivity contribution in [2.45, 2.75) is 20.4 Å². The summed E-state index contributed by atoms with van der Waals surface area (Å²) in [5.41, 5.74) is 1.13. The maximum atomic E-state index is 5.36. The van der Waals surface area contributed by atoms with Crippen molar-refractivity contribution in [2.75, 3.05) is 23.8 Å². The maximum absolute atomic E-state index is 5.36. The van der Waals surface area contributed by atoms with Gasteiger partial charge in [0, 0.05) is 17.6 Å². The molecule has 1 aromatic carbocycles. The Morgan fingerprint density at radius 1 is 1.05 bits per heavy atom. The summed E-state index contributed by atoms with van der Waals surface area (Å²) in [6.07, 6.45) is 0. The number of rotatable bonds is 7. The highest BCUT2D eigenvalue weighted by molar-refractivity contribution is 9.10. The SMILES string of the molecule is CCNc1nc(NCc2ccccc2Br)nc(OCC)n1. The Morgan fingerprint density at radius 2 is 1.76 bits per heavy atom. The first-order valence-corrected chi connectivity index (χ1v) is 7.62. The third-order valence-electron chi connectivity index (χ3n) is 2.62. The zero-order valence-corrected chi connectivity index (χ0v) is 13.6. The van der Waals surface area contributed by atoms with E-state index in [1.165, 1.54) is 0 Å². The van der Waals surface area contributed by atoms with Crippen LogP contribution in [0.4, 0.5) is 11.9 Å². The zero-order valence-electron chi connectivity index (χ0n) is 12.1. The second kappa shape index (κ2) is 7.78. The molecule has 1 aromatic heterocycles. The molecule has 0 aliphatic rings. The summed E-state index contributed by atoms with van der Waals surface area (Å²) in [4.78, 5) is 12.7. The Morgan fingerprint density at radius 3 is 2.43 bits per heavy atom. The number of nitrogens with one attached hydrogen (secondary N) is 2. The minimum Gasteiger partial charge on any atom is -0.464 e. The van der Waals surface area contributed by atoms with Crippen LogP contribution >= 0.6 is 15.9 Å². The molecule has 112 valence electrons. The number of nitrogens with zero attached hydrogens (tertiary/aromatic N) is 3. The van der Waals surface area contributed by atoms with Crippen LogP contribution in [0.25, 0.3) is 0 Å². The fraction of sp³-hybridized carbons (Fsp3) is 0.357. The molecule has 0 radical (unpaired) electrons. The molecule has 0 bridgehead atoms. The van der Waals surface area contributed by atoms with Gasteiger partial charge in [0.05, 0.1) is 6.61 Å². The molecule has 0 aliphatic heterocycles. The first-order valence-electron chi connectivity index (χ1n) is 6.83. The number of halogens is 1. The van der Waals surface area contributed by atoms with E-state index in [1.54, 1.807) is 0 Å². The summed E-state index contributed by atoms with van der Waals surface area (Å²) < 4.78 is 6.40. The Bertz CT molecular complexity index is 569. The minimum absolute atomic E-state index is 0.318. The third kappa shape index (κ3) is 4.56. The topological polar surface area (TPSA) is 72.0 Å². The van der Waals surface area contributed by atoms with Crippen molar-refractivity contribution in [3.8, 4) is 6.01 Å². The highest BCUT2D eigenvalue weighted by atomic mass is 79.9. The van der Waals surface area contributed by atoms with E-state index in [1.807, 2.05) is 38.1 Å². The Kier molecular flexibility index (Phi) is 5.74. The second-order valence-corrected chi connectivity index (χ2v) is 5.03. The number of hydrogen-bond donors (Lipinski definition) is 2. The molecule has 0 atom stereocenters. The van der Waals surface area contributed by atoms with E-state index in [9.17, 15) is 0 Å². The lowest BCUT2D eigenvalue weighted by Crippen LogP contribution is -2.11. The van der Waals surface area contributed by atoms with Crippen molar-refractivity contribution >= 4 is 27.8 Å². The van der Waals surface area contributed by atoms with Gasteiger partial charge in [0.1, 0.15) is 0 Å². The maximum Gasteiger partial charge on any atom is 0.323 e. The Hall–Kier alpha value is -1.89. The normalized spacial score (nSPS) is 10.2. The van der Waals surface area contributed by atoms with Gasteiger partial charge in [-0.25, -0.2) is 0 Å². The van der Waals surface area contributed by atoms with Crippen LogP contribution in [0.5, 0.6) is 6.01 Å². The van der Waals surface area contributed by atoms with Crippen molar-refractivity contribution in [3.63, 3.8) is 0 Å². The summed E-state index contributed by atoms with van der Waals surface area (Å²) in [6, 6.07) is 8.32. The molecule has 0 saturated heterocycles. The molecule has 2 N–H and O–H groups in total. The quantitative estimate of drug-likeness (QED) is 0.798. The summed E-state index contributed by atoms with van der Waals surface area (Å²) in [6.45, 7) is 5.74. The average Bonchev–Trinajstić information content (AvgIpc) is 2.47. The van der Waals surface area contributed by atoms with Gasteiger partial charge in [-0.05, 0) is 25.5 Å². The predicted octanol–water partition coefficient (Wildman–Crippen LogP) is 3.08. The molecule has 0 fully saturated rings. The molecule has 1 heterocycles. The van der Waals surface area contributed by atoms with Crippen LogP contribution in [0.3, 0.4) is 0 Å². The van der Waals surface area contributed by atoms with E-state index in [2.05, 4.69) is 41.5 Å². The molecule has 0 spiro atoms. The van der Waals surface area contributed by atoms with Gasteiger partial charge in [0.2, 0.25) is 11.9 Å². The van der Waals surface area contributed by atoms with Gasteiger partial charge in [0.15, 0.2) is 0 Å². The highest BCUT2D eigenvalue weighted by Crippen LogP contribution is 2.17. The van der Waals surface area contributed by atoms with Crippen LogP contribution in [0, 0.1) is 0 Å². The van der Waals surface area contributed by atoms with Crippen LogP contribution in [0.1, 0.15) is 19.4 Å². The van der Waals surface area contributed by atoms with Gasteiger partial charge in [0.25, 0.3) is 0 Å². The molecular weight excluding hydrogens is 334 g/mol. The first-order chi connectivity index (χ1) is 10.2. The average molecular weight is 352 g/mol. The van der Waals surface area contributed by atoms with Gasteiger partial charge in [-0.3, -0.25) is 0 Å². The van der Waals surface area contributed by atoms with Gasteiger partial charge < -0.3 is 15.4 Å². The summed E-state index contributed by atoms with van der Waals surface area (Å²) in [7, 11) is 0. The molecule has 0 aliphatic carbocycles. The molecular formula is C14H18BrN5O.